The van der Waals surface area contributed by atoms with E-state index < -0.39 is 0 Å². The van der Waals surface area contributed by atoms with Crippen molar-refractivity contribution in [3.8, 4) is 0 Å². The predicted molar refractivity (Wildman–Crippen MR) is 64.4 cm³/mol. The Bertz CT molecular complexity index is 357. The summed E-state index contributed by atoms with van der Waals surface area (Å²) in [7, 11) is 0. The monoisotopic (exact) mass is 240 g/mol. The number of thiazole rings is 1. The Morgan fingerprint density at radius 3 is 2.69 bits per heavy atom. The quantitative estimate of drug-likeness (QED) is 0.462. The van der Waals surface area contributed by atoms with Crippen LogP contribution >= 0.6 is 11.3 Å². The summed E-state index contributed by atoms with van der Waals surface area (Å²) in [6, 6.07) is 0. The van der Waals surface area contributed by atoms with Crippen molar-refractivity contribution in [2.45, 2.75) is 25.7 Å². The number of amides is 1. The lowest BCUT2D eigenvalue weighted by Gasteiger charge is -2.18. The van der Waals surface area contributed by atoms with E-state index in [0.29, 0.717) is 5.69 Å². The number of carbonyl (C=O) groups excluding carboxylic acids is 1. The van der Waals surface area contributed by atoms with Gasteiger partial charge in [0.2, 0.25) is 0 Å². The highest BCUT2D eigenvalue weighted by molar-refractivity contribution is 7.13. The maximum absolute atomic E-state index is 11.3. The highest BCUT2D eigenvalue weighted by Gasteiger charge is 2.15. The summed E-state index contributed by atoms with van der Waals surface area (Å²) < 4.78 is 0. The van der Waals surface area contributed by atoms with Gasteiger partial charge < -0.3 is 4.90 Å². The summed E-state index contributed by atoms with van der Waals surface area (Å²) in [5.74, 6) is 4.75. The molecular weight excluding hydrogens is 224 g/mol. The van der Waals surface area contributed by atoms with Gasteiger partial charge in [-0.2, -0.15) is 0 Å². The molecule has 1 aliphatic heterocycles. The molecule has 2 rings (SSSR count). The van der Waals surface area contributed by atoms with E-state index in [1.54, 1.807) is 5.38 Å². The number of carbonyl (C=O) groups is 1. The van der Waals surface area contributed by atoms with Crippen LogP contribution in [-0.4, -0.2) is 24.0 Å². The van der Waals surface area contributed by atoms with Crippen LogP contribution in [0.2, 0.25) is 0 Å². The third kappa shape index (κ3) is 2.51. The predicted octanol–water partition coefficient (Wildman–Crippen LogP) is 1.13. The number of nitrogens with zero attached hydrogens (tertiary/aromatic N) is 2. The van der Waals surface area contributed by atoms with Crippen molar-refractivity contribution in [2.24, 2.45) is 5.84 Å². The number of rotatable bonds is 2. The maximum Gasteiger partial charge on any atom is 0.284 e. The minimum atomic E-state index is -0.322. The van der Waals surface area contributed by atoms with Gasteiger partial charge in [0, 0.05) is 18.5 Å². The molecule has 1 amide bonds. The lowest BCUT2D eigenvalue weighted by molar-refractivity contribution is 0.0949. The maximum atomic E-state index is 11.3. The molecule has 2 heterocycles. The second kappa shape index (κ2) is 5.27. The molecule has 16 heavy (non-hydrogen) atoms. The fraction of sp³-hybridized carbons (Fsp3) is 0.600. The number of nitrogen functional groups attached to an aromatic ring is 1. The van der Waals surface area contributed by atoms with Crippen LogP contribution in [-0.2, 0) is 0 Å². The highest BCUT2D eigenvalue weighted by Crippen LogP contribution is 2.23. The molecule has 0 bridgehead atoms. The minimum Gasteiger partial charge on any atom is -0.348 e. The van der Waals surface area contributed by atoms with E-state index in [2.05, 4.69) is 15.3 Å². The molecule has 88 valence electrons. The molecule has 1 aromatic heterocycles. The molecule has 3 N–H and O–H groups in total. The lowest BCUT2D eigenvalue weighted by atomic mass is 10.2. The standard InChI is InChI=1S/C10H16N4OS/c11-13-9(15)8-7-16-10(12-8)14-5-3-1-2-4-6-14/h7H,1-6,11H2,(H,13,15). The lowest BCUT2D eigenvalue weighted by Crippen LogP contribution is -2.30. The number of hydrogen-bond acceptors (Lipinski definition) is 5. The number of anilines is 1. The molecule has 0 aromatic carbocycles. The first kappa shape index (κ1) is 11.3. The van der Waals surface area contributed by atoms with Crippen molar-refractivity contribution in [3.05, 3.63) is 11.1 Å². The number of aromatic nitrogens is 1. The Balaban J connectivity index is 2.08. The van der Waals surface area contributed by atoms with Crippen molar-refractivity contribution in [1.82, 2.24) is 10.4 Å². The van der Waals surface area contributed by atoms with Crippen molar-refractivity contribution in [1.29, 1.82) is 0 Å². The Morgan fingerprint density at radius 1 is 1.38 bits per heavy atom. The Morgan fingerprint density at radius 2 is 2.06 bits per heavy atom. The number of hydrazine groups is 1. The van der Waals surface area contributed by atoms with E-state index in [1.807, 2.05) is 0 Å². The molecule has 0 aliphatic carbocycles. The van der Waals surface area contributed by atoms with Gasteiger partial charge in [0.15, 0.2) is 5.13 Å². The van der Waals surface area contributed by atoms with Crippen LogP contribution in [0, 0.1) is 0 Å². The van der Waals surface area contributed by atoms with Gasteiger partial charge in [0.05, 0.1) is 0 Å². The average molecular weight is 240 g/mol. The third-order valence-corrected chi connectivity index (χ3v) is 3.63. The van der Waals surface area contributed by atoms with Gasteiger partial charge in [0.1, 0.15) is 5.69 Å². The highest BCUT2D eigenvalue weighted by atomic mass is 32.1. The first-order chi connectivity index (χ1) is 7.81. The largest absolute Gasteiger partial charge is 0.348 e. The first-order valence-corrected chi connectivity index (χ1v) is 6.40. The Kier molecular flexibility index (Phi) is 3.74. The molecule has 0 unspecified atom stereocenters. The van der Waals surface area contributed by atoms with Crippen LogP contribution in [0.25, 0.3) is 0 Å². The first-order valence-electron chi connectivity index (χ1n) is 5.52. The third-order valence-electron chi connectivity index (χ3n) is 2.73. The van der Waals surface area contributed by atoms with Gasteiger partial charge in [-0.1, -0.05) is 12.8 Å². The van der Waals surface area contributed by atoms with Gasteiger partial charge in [-0.25, -0.2) is 10.8 Å². The fourth-order valence-corrected chi connectivity index (χ4v) is 2.71. The molecule has 6 heteroatoms. The van der Waals surface area contributed by atoms with E-state index in [0.717, 1.165) is 18.2 Å². The van der Waals surface area contributed by atoms with Crippen molar-refractivity contribution < 1.29 is 4.79 Å². The SMILES string of the molecule is NNC(=O)c1csc(N2CCCCCC2)n1. The van der Waals surface area contributed by atoms with Crippen LogP contribution in [0.5, 0.6) is 0 Å². The zero-order chi connectivity index (χ0) is 11.4. The van der Waals surface area contributed by atoms with Crippen LogP contribution < -0.4 is 16.2 Å². The van der Waals surface area contributed by atoms with E-state index in [4.69, 9.17) is 5.84 Å². The molecule has 0 radical (unpaired) electrons. The van der Waals surface area contributed by atoms with Gasteiger partial charge >= 0.3 is 0 Å². The average Bonchev–Trinajstić information content (AvgIpc) is 2.64. The molecule has 0 atom stereocenters. The number of hydrogen-bond donors (Lipinski definition) is 2. The topological polar surface area (TPSA) is 71.2 Å². The minimum absolute atomic E-state index is 0.322. The summed E-state index contributed by atoms with van der Waals surface area (Å²) in [5, 5.41) is 2.68. The van der Waals surface area contributed by atoms with Gasteiger partial charge in [0.25, 0.3) is 5.91 Å². The second-order valence-corrected chi connectivity index (χ2v) is 4.73. The van der Waals surface area contributed by atoms with Gasteiger partial charge in [-0.05, 0) is 12.8 Å². The molecule has 1 saturated heterocycles. The summed E-state index contributed by atoms with van der Waals surface area (Å²) in [6.07, 6.45) is 4.99. The molecule has 0 saturated carbocycles. The molecule has 5 nitrogen and oxygen atoms in total. The molecular formula is C10H16N4OS. The number of nitrogens with one attached hydrogen (secondary N) is 1. The molecule has 1 fully saturated rings. The molecule has 1 aromatic rings. The van der Waals surface area contributed by atoms with Crippen molar-refractivity contribution >= 4 is 22.4 Å². The Hall–Kier alpha value is -1.14. The summed E-state index contributed by atoms with van der Waals surface area (Å²) in [4.78, 5) is 17.8. The van der Waals surface area contributed by atoms with E-state index in [1.165, 1.54) is 37.0 Å². The molecule has 1 aliphatic rings. The van der Waals surface area contributed by atoms with E-state index in [-0.39, 0.29) is 5.91 Å². The summed E-state index contributed by atoms with van der Waals surface area (Å²) in [5.41, 5.74) is 2.51. The van der Waals surface area contributed by atoms with Crippen LogP contribution in [0.15, 0.2) is 5.38 Å². The second-order valence-electron chi connectivity index (χ2n) is 3.89. The smallest absolute Gasteiger partial charge is 0.284 e. The van der Waals surface area contributed by atoms with E-state index >= 15 is 0 Å². The van der Waals surface area contributed by atoms with Crippen molar-refractivity contribution in [2.75, 3.05) is 18.0 Å². The van der Waals surface area contributed by atoms with Gasteiger partial charge in [-0.3, -0.25) is 10.2 Å². The zero-order valence-corrected chi connectivity index (χ0v) is 9.92. The summed E-state index contributed by atoms with van der Waals surface area (Å²) >= 11 is 1.51. The van der Waals surface area contributed by atoms with Crippen molar-refractivity contribution in [3.63, 3.8) is 0 Å². The van der Waals surface area contributed by atoms with Gasteiger partial charge in [-0.15, -0.1) is 11.3 Å². The van der Waals surface area contributed by atoms with E-state index in [9.17, 15) is 4.79 Å². The molecule has 0 spiro atoms. The number of nitrogens with two attached hydrogens (primary N) is 1. The van der Waals surface area contributed by atoms with Crippen LogP contribution in [0.3, 0.4) is 0 Å². The fourth-order valence-electron chi connectivity index (χ4n) is 1.85. The zero-order valence-electron chi connectivity index (χ0n) is 9.11. The normalized spacial score (nSPS) is 16.9. The van der Waals surface area contributed by atoms with Crippen LogP contribution in [0.4, 0.5) is 5.13 Å². The summed E-state index contributed by atoms with van der Waals surface area (Å²) in [6.45, 7) is 2.08. The Labute approximate surface area is 98.6 Å². The van der Waals surface area contributed by atoms with Crippen LogP contribution in [0.1, 0.15) is 36.2 Å².